The Morgan fingerprint density at radius 3 is 2.21 bits per heavy atom. The minimum Gasteiger partial charge on any atom is -0.492 e. The summed E-state index contributed by atoms with van der Waals surface area (Å²) in [7, 11) is 0. The topological polar surface area (TPSA) is 49.4 Å². The summed E-state index contributed by atoms with van der Waals surface area (Å²) in [6.45, 7) is 5.37. The number of hydrogen-bond acceptors (Lipinski definition) is 6. The van der Waals surface area contributed by atoms with E-state index in [9.17, 15) is 0 Å². The van der Waals surface area contributed by atoms with Crippen LogP contribution in [0, 0.1) is 23.7 Å². The van der Waals surface area contributed by atoms with Gasteiger partial charge in [0.1, 0.15) is 12.4 Å². The predicted molar refractivity (Wildman–Crippen MR) is 126 cm³/mol. The van der Waals surface area contributed by atoms with Crippen LogP contribution >= 0.6 is 0 Å². The van der Waals surface area contributed by atoms with E-state index in [-0.39, 0.29) is 0 Å². The zero-order chi connectivity index (χ0) is 22.6. The van der Waals surface area contributed by atoms with Gasteiger partial charge in [-0.1, -0.05) is 12.1 Å². The van der Waals surface area contributed by atoms with Gasteiger partial charge in [0, 0.05) is 44.3 Å². The van der Waals surface area contributed by atoms with Gasteiger partial charge in [0.2, 0.25) is 11.6 Å². The van der Waals surface area contributed by atoms with Gasteiger partial charge in [0.25, 0.3) is 0 Å². The van der Waals surface area contributed by atoms with Crippen molar-refractivity contribution in [1.82, 2.24) is 4.90 Å². The van der Waals surface area contributed by atoms with Crippen LogP contribution < -0.4 is 4.74 Å². The fourth-order valence-electron chi connectivity index (χ4n) is 8.14. The van der Waals surface area contributed by atoms with Crippen molar-refractivity contribution < 1.29 is 24.0 Å². The maximum atomic E-state index is 6.88. The molecule has 4 bridgehead atoms. The fourth-order valence-corrected chi connectivity index (χ4v) is 8.14. The molecule has 2 aliphatic heterocycles. The Bertz CT molecular complexity index is 830. The molecule has 7 aliphatic rings. The summed E-state index contributed by atoms with van der Waals surface area (Å²) in [4.78, 5) is 14.7. The van der Waals surface area contributed by atoms with E-state index >= 15 is 0 Å². The van der Waals surface area contributed by atoms with Crippen LogP contribution in [0.5, 0.6) is 5.75 Å². The van der Waals surface area contributed by atoms with Gasteiger partial charge in [-0.2, -0.15) is 9.78 Å². The van der Waals surface area contributed by atoms with E-state index in [1.54, 1.807) is 0 Å². The van der Waals surface area contributed by atoms with Crippen LogP contribution in [0.15, 0.2) is 24.3 Å². The molecule has 0 atom stereocenters. The van der Waals surface area contributed by atoms with Crippen molar-refractivity contribution in [2.45, 2.75) is 75.3 Å². The molecule has 6 nitrogen and oxygen atoms in total. The number of hydrogen-bond donors (Lipinski definition) is 0. The Hall–Kier alpha value is -1.18. The summed E-state index contributed by atoms with van der Waals surface area (Å²) in [5, 5.41) is 0. The van der Waals surface area contributed by atoms with Crippen LogP contribution in [0.2, 0.25) is 0 Å². The molecule has 0 unspecified atom stereocenters. The molecule has 0 amide bonds. The first-order valence-electron chi connectivity index (χ1n) is 13.8. The van der Waals surface area contributed by atoms with Crippen molar-refractivity contribution in [3.8, 4) is 5.75 Å². The molecule has 2 spiro atoms. The van der Waals surface area contributed by atoms with E-state index in [2.05, 4.69) is 29.2 Å². The van der Waals surface area contributed by atoms with Crippen LogP contribution in [-0.2, 0) is 19.2 Å². The van der Waals surface area contributed by atoms with Crippen molar-refractivity contribution in [1.29, 1.82) is 0 Å². The molecule has 34 heavy (non-hydrogen) atoms. The van der Waals surface area contributed by atoms with E-state index in [1.807, 2.05) is 0 Å². The summed E-state index contributed by atoms with van der Waals surface area (Å²) in [5.74, 6) is 3.43. The fraction of sp³-hybridized carbons (Fsp3) is 0.786. The number of nitrogens with zero attached hydrogens (tertiary/aromatic N) is 1. The normalized spacial score (nSPS) is 43.7. The first kappa shape index (κ1) is 22.1. The lowest BCUT2D eigenvalue weighted by atomic mass is 9.53. The molecule has 5 saturated carbocycles. The first-order valence-corrected chi connectivity index (χ1v) is 13.8. The second-order valence-electron chi connectivity index (χ2n) is 11.9. The highest BCUT2D eigenvalue weighted by atomic mass is 17.3. The van der Waals surface area contributed by atoms with Crippen molar-refractivity contribution in [3.63, 3.8) is 0 Å². The van der Waals surface area contributed by atoms with E-state index < -0.39 is 11.6 Å². The van der Waals surface area contributed by atoms with Gasteiger partial charge >= 0.3 is 0 Å². The van der Waals surface area contributed by atoms with Crippen LogP contribution in [0.4, 0.5) is 0 Å². The number of ether oxygens (including phenoxy) is 3. The Labute approximate surface area is 203 Å². The predicted octanol–water partition coefficient (Wildman–Crippen LogP) is 4.88. The van der Waals surface area contributed by atoms with Crippen LogP contribution in [-0.4, -0.2) is 55.9 Å². The van der Waals surface area contributed by atoms with Crippen molar-refractivity contribution in [2.24, 2.45) is 23.7 Å². The summed E-state index contributed by atoms with van der Waals surface area (Å²) in [6, 6.07) is 8.76. The lowest BCUT2D eigenvalue weighted by Gasteiger charge is -2.57. The van der Waals surface area contributed by atoms with Gasteiger partial charge in [-0.3, -0.25) is 4.90 Å². The zero-order valence-corrected chi connectivity index (χ0v) is 20.3. The molecule has 0 radical (unpaired) electrons. The maximum absolute atomic E-state index is 6.88. The summed E-state index contributed by atoms with van der Waals surface area (Å²) >= 11 is 0. The smallest absolute Gasteiger partial charge is 0.210 e. The van der Waals surface area contributed by atoms with Gasteiger partial charge in [-0.05, 0) is 80.4 Å². The maximum Gasteiger partial charge on any atom is 0.210 e. The third-order valence-corrected chi connectivity index (χ3v) is 9.82. The van der Waals surface area contributed by atoms with E-state index in [0.29, 0.717) is 17.8 Å². The molecule has 5 aliphatic carbocycles. The highest BCUT2D eigenvalue weighted by Crippen LogP contribution is 2.64. The molecule has 7 fully saturated rings. The van der Waals surface area contributed by atoms with Crippen LogP contribution in [0.3, 0.4) is 0 Å². The molecule has 2 saturated heterocycles. The Kier molecular flexibility index (Phi) is 5.67. The van der Waals surface area contributed by atoms with Gasteiger partial charge in [-0.25, -0.2) is 0 Å². The Morgan fingerprint density at radius 1 is 0.853 bits per heavy atom. The largest absolute Gasteiger partial charge is 0.492 e. The number of morpholine rings is 1. The molecular formula is C28H39NO5. The van der Waals surface area contributed by atoms with E-state index in [0.717, 1.165) is 82.7 Å². The van der Waals surface area contributed by atoms with E-state index in [1.165, 1.54) is 37.7 Å². The molecule has 1 aromatic rings. The monoisotopic (exact) mass is 469 g/mol. The van der Waals surface area contributed by atoms with Gasteiger partial charge < -0.3 is 14.2 Å². The molecule has 8 rings (SSSR count). The molecule has 1 aromatic carbocycles. The zero-order valence-electron chi connectivity index (χ0n) is 20.3. The average Bonchev–Trinajstić information content (AvgIpc) is 3.24. The third kappa shape index (κ3) is 3.90. The van der Waals surface area contributed by atoms with Gasteiger partial charge in [0.15, 0.2) is 0 Å². The molecular weight excluding hydrogens is 430 g/mol. The molecule has 6 heteroatoms. The number of rotatable bonds is 5. The van der Waals surface area contributed by atoms with Gasteiger partial charge in [-0.15, -0.1) is 0 Å². The van der Waals surface area contributed by atoms with Gasteiger partial charge in [0.05, 0.1) is 13.2 Å². The van der Waals surface area contributed by atoms with Crippen LogP contribution in [0.1, 0.15) is 69.3 Å². The van der Waals surface area contributed by atoms with E-state index in [4.69, 9.17) is 24.0 Å². The first-order chi connectivity index (χ1) is 16.7. The number of benzene rings is 1. The summed E-state index contributed by atoms with van der Waals surface area (Å²) < 4.78 is 18.3. The lowest BCUT2D eigenvalue weighted by Crippen LogP contribution is -2.59. The van der Waals surface area contributed by atoms with Crippen molar-refractivity contribution in [2.75, 3.05) is 39.5 Å². The molecule has 186 valence electrons. The Morgan fingerprint density at radius 2 is 1.53 bits per heavy atom. The van der Waals surface area contributed by atoms with Crippen molar-refractivity contribution >= 4 is 0 Å². The lowest BCUT2D eigenvalue weighted by molar-refractivity contribution is -0.390. The molecule has 0 N–H and O–H groups in total. The Balaban J connectivity index is 0.928. The standard InChI is InChI=1S/C28H39NO5/c1-3-26(31-14-11-29-9-12-30-13-10-29)4-2-22(1)23-5-7-27(8-6-23)32-28(34-33-27)24-16-20-15-21(18-24)19-25(28)17-20/h1-4,20-21,23-25H,5-19H2/t20?,21?,23-,24?,25?,27+,28-. The third-order valence-electron chi connectivity index (χ3n) is 9.82. The average molecular weight is 470 g/mol. The SMILES string of the molecule is c1cc([C@H]2CC[C@]3(CC2)OO[C@]2(O3)C3CC4CC(C3)CC2C4)ccc1OCCN1CCOCC1. The minimum absolute atomic E-state index is 0.444. The summed E-state index contributed by atoms with van der Waals surface area (Å²) in [6.07, 6.45) is 10.5. The summed E-state index contributed by atoms with van der Waals surface area (Å²) in [5.41, 5.74) is 1.40. The van der Waals surface area contributed by atoms with Crippen LogP contribution in [0.25, 0.3) is 0 Å². The second-order valence-corrected chi connectivity index (χ2v) is 11.9. The minimum atomic E-state index is -0.519. The second kappa shape index (κ2) is 8.74. The highest BCUT2D eigenvalue weighted by molar-refractivity contribution is 5.30. The molecule has 2 heterocycles. The quantitative estimate of drug-likeness (QED) is 0.573. The van der Waals surface area contributed by atoms with Crippen molar-refractivity contribution in [3.05, 3.63) is 29.8 Å². The highest BCUT2D eigenvalue weighted by Gasteiger charge is 2.66. The molecule has 0 aromatic heterocycles.